The molecule has 0 aromatic heterocycles. The normalized spacial score (nSPS) is 16.6. The van der Waals surface area contributed by atoms with E-state index in [0.717, 1.165) is 43.0 Å². The smallest absolute Gasteiger partial charge is 0.119 e. The van der Waals surface area contributed by atoms with Gasteiger partial charge in [-0.25, -0.2) is 0 Å². The van der Waals surface area contributed by atoms with Crippen molar-refractivity contribution in [2.24, 2.45) is 5.41 Å². The number of nitrogens with one attached hydrogen (secondary N) is 1. The van der Waals surface area contributed by atoms with Gasteiger partial charge in [0.25, 0.3) is 0 Å². The highest BCUT2D eigenvalue weighted by molar-refractivity contribution is 5.53. The number of ether oxygens (including phenoxy) is 2. The topological polar surface area (TPSA) is 50.7 Å². The lowest BCUT2D eigenvalue weighted by Crippen LogP contribution is -2.50. The highest BCUT2D eigenvalue weighted by atomic mass is 16.5. The second-order valence-electron chi connectivity index (χ2n) is 5.68. The molecule has 2 N–H and O–H groups in total. The Morgan fingerprint density at radius 2 is 2.20 bits per heavy atom. The van der Waals surface area contributed by atoms with Gasteiger partial charge in [-0.1, -0.05) is 13.3 Å². The monoisotopic (exact) mass is 279 g/mol. The van der Waals surface area contributed by atoms with Crippen LogP contribution >= 0.6 is 0 Å². The number of aryl methyl sites for hydroxylation is 1. The van der Waals surface area contributed by atoms with Gasteiger partial charge in [0.15, 0.2) is 0 Å². The van der Waals surface area contributed by atoms with Crippen LogP contribution in [0.1, 0.15) is 25.3 Å². The summed E-state index contributed by atoms with van der Waals surface area (Å²) in [7, 11) is 0. The van der Waals surface area contributed by atoms with Crippen molar-refractivity contribution >= 4 is 5.69 Å². The van der Waals surface area contributed by atoms with E-state index in [-0.39, 0.29) is 12.0 Å². The second-order valence-corrected chi connectivity index (χ2v) is 5.68. The first-order valence-corrected chi connectivity index (χ1v) is 7.35. The summed E-state index contributed by atoms with van der Waals surface area (Å²) in [6.45, 7) is 7.16. The van der Waals surface area contributed by atoms with Crippen molar-refractivity contribution in [2.75, 3.05) is 38.3 Å². The molecule has 0 spiro atoms. The van der Waals surface area contributed by atoms with Crippen LogP contribution in [0.5, 0.6) is 5.75 Å². The third-order valence-corrected chi connectivity index (χ3v) is 3.77. The molecule has 1 saturated heterocycles. The summed E-state index contributed by atoms with van der Waals surface area (Å²) in [4.78, 5) is 0. The van der Waals surface area contributed by atoms with Gasteiger partial charge in [-0.05, 0) is 37.1 Å². The Morgan fingerprint density at radius 3 is 2.75 bits per heavy atom. The van der Waals surface area contributed by atoms with Gasteiger partial charge in [0, 0.05) is 12.2 Å². The lowest BCUT2D eigenvalue weighted by atomic mass is 9.87. The van der Waals surface area contributed by atoms with Crippen molar-refractivity contribution in [1.82, 2.24) is 0 Å². The largest absolute Gasteiger partial charge is 0.494 e. The third-order valence-electron chi connectivity index (χ3n) is 3.77. The maximum absolute atomic E-state index is 9.41. The molecule has 4 nitrogen and oxygen atoms in total. The molecule has 20 heavy (non-hydrogen) atoms. The summed E-state index contributed by atoms with van der Waals surface area (Å²) in [5.74, 6) is 0.922. The molecule has 1 aromatic rings. The number of anilines is 1. The predicted octanol–water partition coefficient (Wildman–Crippen LogP) is 2.59. The average Bonchev–Trinajstić information content (AvgIpc) is 2.40. The van der Waals surface area contributed by atoms with Crippen LogP contribution in [-0.4, -0.2) is 38.1 Å². The van der Waals surface area contributed by atoms with E-state index < -0.39 is 0 Å². The summed E-state index contributed by atoms with van der Waals surface area (Å²) in [5.41, 5.74) is 2.14. The number of hydrogen-bond donors (Lipinski definition) is 2. The summed E-state index contributed by atoms with van der Waals surface area (Å²) >= 11 is 0. The molecule has 0 amide bonds. The number of rotatable bonds is 8. The molecular formula is C16H25NO3. The fourth-order valence-corrected chi connectivity index (χ4v) is 2.18. The Balaban J connectivity index is 1.89. The highest BCUT2D eigenvalue weighted by Crippen LogP contribution is 2.28. The zero-order valence-electron chi connectivity index (χ0n) is 12.4. The number of aliphatic hydroxyl groups is 1. The summed E-state index contributed by atoms with van der Waals surface area (Å²) in [6, 6.07) is 6.09. The minimum absolute atomic E-state index is 0.108. The summed E-state index contributed by atoms with van der Waals surface area (Å²) in [6.07, 6.45) is 2.22. The molecule has 1 aromatic carbocycles. The van der Waals surface area contributed by atoms with Crippen molar-refractivity contribution in [2.45, 2.75) is 26.7 Å². The fourth-order valence-electron chi connectivity index (χ4n) is 2.18. The molecule has 0 atom stereocenters. The first-order valence-electron chi connectivity index (χ1n) is 7.35. The minimum atomic E-state index is -0.108. The molecule has 2 rings (SSSR count). The summed E-state index contributed by atoms with van der Waals surface area (Å²) < 4.78 is 10.9. The molecule has 0 aliphatic carbocycles. The molecule has 0 bridgehead atoms. The van der Waals surface area contributed by atoms with E-state index in [1.807, 2.05) is 12.1 Å². The van der Waals surface area contributed by atoms with E-state index in [4.69, 9.17) is 9.47 Å². The first kappa shape index (κ1) is 15.1. The van der Waals surface area contributed by atoms with Gasteiger partial charge in [-0.3, -0.25) is 0 Å². The first-order chi connectivity index (χ1) is 9.69. The Hall–Kier alpha value is -1.26. The third kappa shape index (κ3) is 3.64. The number of benzene rings is 1. The molecule has 0 unspecified atom stereocenters. The SMILES string of the molecule is CCCCOc1ccc(NCC2(CO)COC2)c(C)c1. The highest BCUT2D eigenvalue weighted by Gasteiger charge is 2.37. The molecule has 0 radical (unpaired) electrons. The van der Waals surface area contributed by atoms with Crippen LogP contribution in [-0.2, 0) is 4.74 Å². The number of hydrogen-bond acceptors (Lipinski definition) is 4. The van der Waals surface area contributed by atoms with Crippen molar-refractivity contribution in [3.05, 3.63) is 23.8 Å². The van der Waals surface area contributed by atoms with E-state index in [9.17, 15) is 5.11 Å². The van der Waals surface area contributed by atoms with Crippen LogP contribution in [0, 0.1) is 12.3 Å². The van der Waals surface area contributed by atoms with Gasteiger partial charge in [-0.2, -0.15) is 0 Å². The van der Waals surface area contributed by atoms with Crippen LogP contribution in [0.3, 0.4) is 0 Å². The molecule has 1 aliphatic rings. The second kappa shape index (κ2) is 6.95. The molecule has 1 fully saturated rings. The quantitative estimate of drug-likeness (QED) is 0.718. The van der Waals surface area contributed by atoms with Crippen LogP contribution in [0.25, 0.3) is 0 Å². The van der Waals surface area contributed by atoms with E-state index in [0.29, 0.717) is 13.2 Å². The van der Waals surface area contributed by atoms with Gasteiger partial charge in [0.05, 0.1) is 31.8 Å². The molecular weight excluding hydrogens is 254 g/mol. The Kier molecular flexibility index (Phi) is 5.26. The van der Waals surface area contributed by atoms with Gasteiger partial charge in [0.2, 0.25) is 0 Å². The summed E-state index contributed by atoms with van der Waals surface area (Å²) in [5, 5.41) is 12.8. The van der Waals surface area contributed by atoms with E-state index in [2.05, 4.69) is 25.2 Å². The molecule has 1 heterocycles. The Labute approximate surface area is 121 Å². The molecule has 112 valence electrons. The van der Waals surface area contributed by atoms with Gasteiger partial charge < -0.3 is 19.9 Å². The van der Waals surface area contributed by atoms with Gasteiger partial charge >= 0.3 is 0 Å². The lowest BCUT2D eigenvalue weighted by Gasteiger charge is -2.40. The Morgan fingerprint density at radius 1 is 1.40 bits per heavy atom. The zero-order chi connectivity index (χ0) is 14.4. The van der Waals surface area contributed by atoms with E-state index in [1.165, 1.54) is 0 Å². The van der Waals surface area contributed by atoms with Gasteiger partial charge in [0.1, 0.15) is 5.75 Å². The Bertz CT molecular complexity index is 424. The van der Waals surface area contributed by atoms with E-state index >= 15 is 0 Å². The predicted molar refractivity (Wildman–Crippen MR) is 80.4 cm³/mol. The lowest BCUT2D eigenvalue weighted by molar-refractivity contribution is -0.128. The van der Waals surface area contributed by atoms with Crippen molar-refractivity contribution in [3.63, 3.8) is 0 Å². The van der Waals surface area contributed by atoms with Crippen molar-refractivity contribution in [3.8, 4) is 5.75 Å². The standard InChI is InChI=1S/C16H25NO3/c1-3-4-7-20-14-5-6-15(13(2)8-14)17-9-16(10-18)11-19-12-16/h5-6,8,17-18H,3-4,7,9-12H2,1-2H3. The van der Waals surface area contributed by atoms with Crippen molar-refractivity contribution < 1.29 is 14.6 Å². The van der Waals surface area contributed by atoms with E-state index in [1.54, 1.807) is 0 Å². The fraction of sp³-hybridized carbons (Fsp3) is 0.625. The maximum Gasteiger partial charge on any atom is 0.119 e. The minimum Gasteiger partial charge on any atom is -0.494 e. The van der Waals surface area contributed by atoms with Crippen LogP contribution in [0.2, 0.25) is 0 Å². The molecule has 4 heteroatoms. The molecule has 1 aliphatic heterocycles. The average molecular weight is 279 g/mol. The molecule has 0 saturated carbocycles. The number of aliphatic hydroxyl groups excluding tert-OH is 1. The van der Waals surface area contributed by atoms with Crippen LogP contribution in [0.4, 0.5) is 5.69 Å². The van der Waals surface area contributed by atoms with Gasteiger partial charge in [-0.15, -0.1) is 0 Å². The number of unbranched alkanes of at least 4 members (excludes halogenated alkanes) is 1. The zero-order valence-corrected chi connectivity index (χ0v) is 12.4. The van der Waals surface area contributed by atoms with Crippen LogP contribution < -0.4 is 10.1 Å². The van der Waals surface area contributed by atoms with Crippen LogP contribution in [0.15, 0.2) is 18.2 Å². The maximum atomic E-state index is 9.41. The van der Waals surface area contributed by atoms with Crippen molar-refractivity contribution in [1.29, 1.82) is 0 Å².